The van der Waals surface area contributed by atoms with Gasteiger partial charge in [0, 0.05) is 11.6 Å². The number of carbonyl (C=O) groups is 1. The zero-order valence-electron chi connectivity index (χ0n) is 9.36. The second kappa shape index (κ2) is 5.82. The molecule has 0 unspecified atom stereocenters. The fraction of sp³-hybridized carbons (Fsp3) is 0. The molecule has 0 aliphatic heterocycles. The molecule has 0 aliphatic rings. The lowest BCUT2D eigenvalue weighted by Crippen LogP contribution is -1.84. The summed E-state index contributed by atoms with van der Waals surface area (Å²) in [5.41, 5.74) is 0.747. The number of halogens is 3. The summed E-state index contributed by atoms with van der Waals surface area (Å²) in [5.74, 6) is -0.0532. The second-order valence-electron chi connectivity index (χ2n) is 3.63. The zero-order chi connectivity index (χ0) is 14.0. The summed E-state index contributed by atoms with van der Waals surface area (Å²) in [6.07, 6.45) is 2.37. The van der Waals surface area contributed by atoms with E-state index in [0.717, 1.165) is 11.6 Å². The van der Waals surface area contributed by atoms with Crippen LogP contribution in [0.3, 0.4) is 0 Å². The number of benzene rings is 1. The fourth-order valence-electron chi connectivity index (χ4n) is 1.46. The summed E-state index contributed by atoms with van der Waals surface area (Å²) < 4.78 is 6.25. The third-order valence-corrected chi connectivity index (χ3v) is 3.61. The molecule has 0 fully saturated rings. The molecular weight excluding hydrogens is 355 g/mol. The minimum Gasteiger partial charge on any atom is -0.478 e. The molecule has 6 heteroatoms. The van der Waals surface area contributed by atoms with E-state index in [0.29, 0.717) is 26.0 Å². The zero-order valence-corrected chi connectivity index (χ0v) is 12.5. The van der Waals surface area contributed by atoms with Crippen molar-refractivity contribution in [3.05, 3.63) is 50.6 Å². The summed E-state index contributed by atoms with van der Waals surface area (Å²) in [6.45, 7) is 0. The molecule has 1 N–H and O–H groups in total. The quantitative estimate of drug-likeness (QED) is 0.772. The van der Waals surface area contributed by atoms with Crippen LogP contribution in [0.25, 0.3) is 17.4 Å². The Morgan fingerprint density at radius 1 is 1.26 bits per heavy atom. The van der Waals surface area contributed by atoms with Crippen LogP contribution in [0.4, 0.5) is 0 Å². The van der Waals surface area contributed by atoms with Crippen LogP contribution in [0.5, 0.6) is 0 Å². The third kappa shape index (κ3) is 3.41. The predicted molar refractivity (Wildman–Crippen MR) is 78.5 cm³/mol. The van der Waals surface area contributed by atoms with Crippen LogP contribution in [-0.4, -0.2) is 11.1 Å². The van der Waals surface area contributed by atoms with Crippen molar-refractivity contribution in [1.29, 1.82) is 0 Å². The van der Waals surface area contributed by atoms with Crippen molar-refractivity contribution in [2.24, 2.45) is 0 Å². The summed E-state index contributed by atoms with van der Waals surface area (Å²) in [5, 5.41) is 9.44. The normalized spacial score (nSPS) is 11.1. The van der Waals surface area contributed by atoms with Crippen LogP contribution in [0.2, 0.25) is 10.0 Å². The van der Waals surface area contributed by atoms with Crippen LogP contribution in [-0.2, 0) is 4.79 Å². The highest BCUT2D eigenvalue weighted by Crippen LogP contribution is 2.35. The maximum absolute atomic E-state index is 10.4. The van der Waals surface area contributed by atoms with Crippen LogP contribution < -0.4 is 0 Å². The lowest BCUT2D eigenvalue weighted by molar-refractivity contribution is -0.131. The molecule has 98 valence electrons. The minimum absolute atomic E-state index is 0.421. The first kappa shape index (κ1) is 14.2. The van der Waals surface area contributed by atoms with Crippen molar-refractivity contribution in [3.8, 4) is 11.3 Å². The standard InChI is InChI=1S/C13H7BrCl2O3/c14-9-6-8(2-4-12(17)18)19-13(9)7-1-3-10(15)11(16)5-7/h1-6H,(H,17,18)/b4-2+. The molecule has 0 saturated heterocycles. The molecule has 0 bridgehead atoms. The van der Waals surface area contributed by atoms with Crippen molar-refractivity contribution in [2.75, 3.05) is 0 Å². The molecular formula is C13H7BrCl2O3. The average molecular weight is 362 g/mol. The summed E-state index contributed by atoms with van der Waals surface area (Å²) in [7, 11) is 0. The molecule has 0 radical (unpaired) electrons. The molecule has 1 heterocycles. The molecule has 0 spiro atoms. The van der Waals surface area contributed by atoms with E-state index >= 15 is 0 Å². The number of carboxylic acids is 1. The molecule has 0 atom stereocenters. The molecule has 0 amide bonds. The van der Waals surface area contributed by atoms with Gasteiger partial charge in [-0.15, -0.1) is 0 Å². The first-order chi connectivity index (χ1) is 8.97. The van der Waals surface area contributed by atoms with E-state index < -0.39 is 5.97 Å². The van der Waals surface area contributed by atoms with Gasteiger partial charge in [-0.2, -0.15) is 0 Å². The van der Waals surface area contributed by atoms with Gasteiger partial charge in [-0.3, -0.25) is 0 Å². The Bertz CT molecular complexity index is 662. The Hall–Kier alpha value is -1.23. The van der Waals surface area contributed by atoms with Gasteiger partial charge >= 0.3 is 5.97 Å². The van der Waals surface area contributed by atoms with Crippen molar-refractivity contribution < 1.29 is 14.3 Å². The van der Waals surface area contributed by atoms with E-state index in [1.54, 1.807) is 24.3 Å². The smallest absolute Gasteiger partial charge is 0.328 e. The van der Waals surface area contributed by atoms with Crippen LogP contribution in [0.15, 0.2) is 39.2 Å². The largest absolute Gasteiger partial charge is 0.478 e. The molecule has 1 aromatic heterocycles. The van der Waals surface area contributed by atoms with E-state index in [1.807, 2.05) is 0 Å². The van der Waals surface area contributed by atoms with Gasteiger partial charge in [0.1, 0.15) is 11.5 Å². The van der Waals surface area contributed by atoms with Crippen LogP contribution >= 0.6 is 39.1 Å². The second-order valence-corrected chi connectivity index (χ2v) is 5.30. The molecule has 1 aromatic carbocycles. The Kier molecular flexibility index (Phi) is 4.34. The SMILES string of the molecule is O=C(O)/C=C/c1cc(Br)c(-c2ccc(Cl)c(Cl)c2)o1. The lowest BCUT2D eigenvalue weighted by Gasteiger charge is -2.00. The van der Waals surface area contributed by atoms with Crippen LogP contribution in [0, 0.1) is 0 Å². The van der Waals surface area contributed by atoms with E-state index in [2.05, 4.69) is 15.9 Å². The molecule has 2 rings (SSSR count). The molecule has 19 heavy (non-hydrogen) atoms. The van der Waals surface area contributed by atoms with Crippen molar-refractivity contribution in [2.45, 2.75) is 0 Å². The van der Waals surface area contributed by atoms with Gasteiger partial charge in [0.15, 0.2) is 0 Å². The Morgan fingerprint density at radius 3 is 2.63 bits per heavy atom. The third-order valence-electron chi connectivity index (χ3n) is 2.28. The number of rotatable bonds is 3. The van der Waals surface area contributed by atoms with Crippen molar-refractivity contribution in [3.63, 3.8) is 0 Å². The Labute approximate surface area is 127 Å². The van der Waals surface area contributed by atoms with E-state index in [9.17, 15) is 4.79 Å². The molecule has 3 nitrogen and oxygen atoms in total. The number of carboxylic acid groups (broad SMARTS) is 1. The van der Waals surface area contributed by atoms with Crippen molar-refractivity contribution in [1.82, 2.24) is 0 Å². The van der Waals surface area contributed by atoms with Gasteiger partial charge in [0.25, 0.3) is 0 Å². The number of furan rings is 1. The Balaban J connectivity index is 2.40. The lowest BCUT2D eigenvalue weighted by atomic mass is 10.2. The molecule has 2 aromatic rings. The maximum Gasteiger partial charge on any atom is 0.328 e. The first-order valence-electron chi connectivity index (χ1n) is 5.13. The number of hydrogen-bond acceptors (Lipinski definition) is 2. The number of aliphatic carboxylic acids is 1. The average Bonchev–Trinajstić information content (AvgIpc) is 2.72. The fourth-order valence-corrected chi connectivity index (χ4v) is 2.29. The predicted octanol–water partition coefficient (Wildman–Crippen LogP) is 5.11. The summed E-state index contributed by atoms with van der Waals surface area (Å²) >= 11 is 15.1. The van der Waals surface area contributed by atoms with E-state index in [1.165, 1.54) is 6.08 Å². The minimum atomic E-state index is -1.04. The van der Waals surface area contributed by atoms with E-state index in [-0.39, 0.29) is 0 Å². The van der Waals surface area contributed by atoms with Gasteiger partial charge in [0.05, 0.1) is 14.5 Å². The van der Waals surface area contributed by atoms with Gasteiger partial charge < -0.3 is 9.52 Å². The van der Waals surface area contributed by atoms with Crippen LogP contribution in [0.1, 0.15) is 5.76 Å². The van der Waals surface area contributed by atoms with Gasteiger partial charge in [-0.05, 0) is 46.3 Å². The number of hydrogen-bond donors (Lipinski definition) is 1. The molecule has 0 saturated carbocycles. The summed E-state index contributed by atoms with van der Waals surface area (Å²) in [4.78, 5) is 10.4. The Morgan fingerprint density at radius 2 is 2.00 bits per heavy atom. The monoisotopic (exact) mass is 360 g/mol. The highest BCUT2D eigenvalue weighted by Gasteiger charge is 2.11. The first-order valence-corrected chi connectivity index (χ1v) is 6.68. The topological polar surface area (TPSA) is 50.4 Å². The van der Waals surface area contributed by atoms with E-state index in [4.69, 9.17) is 32.7 Å². The highest BCUT2D eigenvalue weighted by atomic mass is 79.9. The van der Waals surface area contributed by atoms with Crippen molar-refractivity contribution >= 4 is 51.2 Å². The van der Waals surface area contributed by atoms with Gasteiger partial charge in [-0.25, -0.2) is 4.79 Å². The van der Waals surface area contributed by atoms with Gasteiger partial charge in [-0.1, -0.05) is 23.2 Å². The maximum atomic E-state index is 10.4. The summed E-state index contributed by atoms with van der Waals surface area (Å²) in [6, 6.07) is 6.79. The molecule has 0 aliphatic carbocycles. The van der Waals surface area contributed by atoms with Gasteiger partial charge in [0.2, 0.25) is 0 Å². The highest BCUT2D eigenvalue weighted by molar-refractivity contribution is 9.10.